The third kappa shape index (κ3) is 2.26. The first-order valence-electron chi connectivity index (χ1n) is 2.42. The molecule has 50 valence electrons. The second-order valence-corrected chi connectivity index (χ2v) is 3.45. The summed E-state index contributed by atoms with van der Waals surface area (Å²) in [7, 11) is -4.25. The molecule has 0 bridgehead atoms. The average Bonchev–Trinajstić information content (AvgIpc) is 1.62. The highest BCUT2D eigenvalue weighted by Gasteiger charge is 2.15. The maximum absolute atomic E-state index is 11.8. The van der Waals surface area contributed by atoms with Crippen LogP contribution in [-0.2, 0) is 10.2 Å². The predicted octanol–water partition coefficient (Wildman–Crippen LogP) is 1.08. The SMILES string of the molecule is CC[C@H](C)S(=O)(=O)F. The van der Waals surface area contributed by atoms with E-state index in [2.05, 4.69) is 0 Å². The van der Waals surface area contributed by atoms with Crippen LogP contribution in [0.1, 0.15) is 20.3 Å². The van der Waals surface area contributed by atoms with Crippen LogP contribution in [0, 0.1) is 0 Å². The van der Waals surface area contributed by atoms with Crippen molar-refractivity contribution in [1.82, 2.24) is 0 Å². The van der Waals surface area contributed by atoms with Gasteiger partial charge in [-0.05, 0) is 13.3 Å². The van der Waals surface area contributed by atoms with Crippen LogP contribution in [-0.4, -0.2) is 13.7 Å². The zero-order valence-electron chi connectivity index (χ0n) is 4.89. The van der Waals surface area contributed by atoms with Gasteiger partial charge in [-0.2, -0.15) is 8.42 Å². The maximum atomic E-state index is 11.8. The molecule has 2 nitrogen and oxygen atoms in total. The Morgan fingerprint density at radius 3 is 2.00 bits per heavy atom. The molecule has 0 aromatic rings. The molecular weight excluding hydrogens is 131 g/mol. The van der Waals surface area contributed by atoms with Crippen LogP contribution < -0.4 is 0 Å². The van der Waals surface area contributed by atoms with E-state index in [0.717, 1.165) is 0 Å². The van der Waals surface area contributed by atoms with Crippen molar-refractivity contribution in [3.05, 3.63) is 0 Å². The minimum Gasteiger partial charge on any atom is -0.195 e. The van der Waals surface area contributed by atoms with E-state index >= 15 is 0 Å². The van der Waals surface area contributed by atoms with Crippen molar-refractivity contribution in [2.75, 3.05) is 0 Å². The zero-order chi connectivity index (χ0) is 6.78. The highest BCUT2D eigenvalue weighted by Crippen LogP contribution is 2.05. The molecule has 0 aromatic carbocycles. The molecule has 0 saturated carbocycles. The van der Waals surface area contributed by atoms with E-state index in [4.69, 9.17) is 0 Å². The summed E-state index contributed by atoms with van der Waals surface area (Å²) in [6.45, 7) is 2.97. The Bertz CT molecular complexity index is 149. The molecule has 0 heterocycles. The third-order valence-corrected chi connectivity index (χ3v) is 2.35. The molecule has 0 spiro atoms. The van der Waals surface area contributed by atoms with Gasteiger partial charge in [0.2, 0.25) is 0 Å². The van der Waals surface area contributed by atoms with Gasteiger partial charge in [0.1, 0.15) is 0 Å². The minimum absolute atomic E-state index is 0.332. The van der Waals surface area contributed by atoms with Crippen LogP contribution in [0.4, 0.5) is 3.89 Å². The van der Waals surface area contributed by atoms with Gasteiger partial charge in [0.05, 0.1) is 5.25 Å². The molecule has 0 aliphatic carbocycles. The smallest absolute Gasteiger partial charge is 0.195 e. The van der Waals surface area contributed by atoms with E-state index in [9.17, 15) is 12.3 Å². The first-order chi connectivity index (χ1) is 3.48. The van der Waals surface area contributed by atoms with E-state index in [1.54, 1.807) is 6.92 Å². The van der Waals surface area contributed by atoms with Crippen LogP contribution >= 0.6 is 0 Å². The number of halogens is 1. The monoisotopic (exact) mass is 140 g/mol. The van der Waals surface area contributed by atoms with Gasteiger partial charge in [-0.3, -0.25) is 0 Å². The lowest BCUT2D eigenvalue weighted by Gasteiger charge is -1.98. The fourth-order valence-electron chi connectivity index (χ4n) is 0.199. The first kappa shape index (κ1) is 7.88. The molecule has 1 atom stereocenters. The number of hydrogen-bond acceptors (Lipinski definition) is 2. The van der Waals surface area contributed by atoms with Crippen molar-refractivity contribution in [3.8, 4) is 0 Å². The fourth-order valence-corrected chi connectivity index (χ4v) is 0.597. The Morgan fingerprint density at radius 2 is 2.00 bits per heavy atom. The molecular formula is C4H9FO2S. The summed E-state index contributed by atoms with van der Waals surface area (Å²) < 4.78 is 31.5. The number of hydrogen-bond donors (Lipinski definition) is 0. The van der Waals surface area contributed by atoms with Gasteiger partial charge in [-0.15, -0.1) is 3.89 Å². The quantitative estimate of drug-likeness (QED) is 0.538. The zero-order valence-corrected chi connectivity index (χ0v) is 5.70. The molecule has 0 aliphatic heterocycles. The lowest BCUT2D eigenvalue weighted by Crippen LogP contribution is -2.09. The Kier molecular flexibility index (Phi) is 2.40. The predicted molar refractivity (Wildman–Crippen MR) is 29.8 cm³/mol. The molecule has 0 aliphatic rings. The van der Waals surface area contributed by atoms with E-state index in [1.807, 2.05) is 0 Å². The van der Waals surface area contributed by atoms with Crippen molar-refractivity contribution in [1.29, 1.82) is 0 Å². The fraction of sp³-hybridized carbons (Fsp3) is 1.00. The molecule has 0 N–H and O–H groups in total. The highest BCUT2D eigenvalue weighted by molar-refractivity contribution is 7.86. The van der Waals surface area contributed by atoms with Crippen LogP contribution in [0.3, 0.4) is 0 Å². The molecule has 0 saturated heterocycles. The lowest BCUT2D eigenvalue weighted by molar-refractivity contribution is 0.535. The van der Waals surface area contributed by atoms with Crippen molar-refractivity contribution in [2.45, 2.75) is 25.5 Å². The molecule has 0 radical (unpaired) electrons. The lowest BCUT2D eigenvalue weighted by atomic mass is 10.4. The Morgan fingerprint density at radius 1 is 1.62 bits per heavy atom. The van der Waals surface area contributed by atoms with Gasteiger partial charge in [-0.25, -0.2) is 0 Å². The van der Waals surface area contributed by atoms with Crippen LogP contribution in [0.15, 0.2) is 0 Å². The summed E-state index contributed by atoms with van der Waals surface area (Å²) >= 11 is 0. The number of rotatable bonds is 2. The molecule has 0 unspecified atom stereocenters. The Balaban J connectivity index is 4.04. The van der Waals surface area contributed by atoms with Gasteiger partial charge < -0.3 is 0 Å². The van der Waals surface area contributed by atoms with Gasteiger partial charge in [0.15, 0.2) is 0 Å². The summed E-state index contributed by atoms with van der Waals surface area (Å²) in [5.41, 5.74) is 0. The molecule has 0 aromatic heterocycles. The summed E-state index contributed by atoms with van der Waals surface area (Å²) in [5.74, 6) is 0. The van der Waals surface area contributed by atoms with Crippen molar-refractivity contribution < 1.29 is 12.3 Å². The summed E-state index contributed by atoms with van der Waals surface area (Å²) in [6.07, 6.45) is 0.332. The van der Waals surface area contributed by atoms with E-state index in [1.165, 1.54) is 6.92 Å². The van der Waals surface area contributed by atoms with E-state index in [0.29, 0.717) is 6.42 Å². The molecule has 0 fully saturated rings. The highest BCUT2D eigenvalue weighted by atomic mass is 32.3. The largest absolute Gasteiger partial charge is 0.305 e. The molecule has 4 heteroatoms. The van der Waals surface area contributed by atoms with Crippen LogP contribution in [0.25, 0.3) is 0 Å². The molecule has 8 heavy (non-hydrogen) atoms. The summed E-state index contributed by atoms with van der Waals surface area (Å²) in [5, 5.41) is -0.845. The average molecular weight is 140 g/mol. The molecule has 0 rings (SSSR count). The van der Waals surface area contributed by atoms with E-state index in [-0.39, 0.29) is 0 Å². The summed E-state index contributed by atoms with van der Waals surface area (Å²) in [4.78, 5) is 0. The van der Waals surface area contributed by atoms with Crippen molar-refractivity contribution in [3.63, 3.8) is 0 Å². The van der Waals surface area contributed by atoms with Gasteiger partial charge in [0, 0.05) is 0 Å². The van der Waals surface area contributed by atoms with Gasteiger partial charge in [-0.1, -0.05) is 6.92 Å². The third-order valence-electron chi connectivity index (χ3n) is 1.06. The standard InChI is InChI=1S/C4H9FO2S/c1-3-4(2)8(5,6)7/h4H,3H2,1-2H3/t4-/m0/s1. The van der Waals surface area contributed by atoms with Crippen LogP contribution in [0.2, 0.25) is 0 Å². The topological polar surface area (TPSA) is 34.1 Å². The first-order valence-corrected chi connectivity index (χ1v) is 3.86. The van der Waals surface area contributed by atoms with Crippen molar-refractivity contribution >= 4 is 10.2 Å². The minimum atomic E-state index is -4.25. The van der Waals surface area contributed by atoms with Gasteiger partial charge >= 0.3 is 10.2 Å². The summed E-state index contributed by atoms with van der Waals surface area (Å²) in [6, 6.07) is 0. The normalized spacial score (nSPS) is 15.9. The van der Waals surface area contributed by atoms with Crippen molar-refractivity contribution in [2.24, 2.45) is 0 Å². The Labute approximate surface area is 48.9 Å². The van der Waals surface area contributed by atoms with Crippen LogP contribution in [0.5, 0.6) is 0 Å². The molecule has 0 amide bonds. The maximum Gasteiger partial charge on any atom is 0.305 e. The second-order valence-electron chi connectivity index (χ2n) is 1.69. The second kappa shape index (κ2) is 2.44. The van der Waals surface area contributed by atoms with Gasteiger partial charge in [0.25, 0.3) is 0 Å². The van der Waals surface area contributed by atoms with E-state index < -0.39 is 15.5 Å². The Hall–Kier alpha value is -0.120.